The largest absolute Gasteiger partial charge is 0.513 e. The number of nitrogens with one attached hydrogen (secondary N) is 1. The number of methoxy groups -OCH3 is 2. The van der Waals surface area contributed by atoms with Crippen LogP contribution in [0.15, 0.2) is 126 Å². The third-order valence-electron chi connectivity index (χ3n) is 11.5. The van der Waals surface area contributed by atoms with E-state index in [1.165, 1.54) is 0 Å². The van der Waals surface area contributed by atoms with Gasteiger partial charge in [0.15, 0.2) is 23.0 Å². The molecule has 3 atom stereocenters. The number of unbranched alkanes of at least 4 members (excludes halogenated alkanes) is 8. The van der Waals surface area contributed by atoms with Gasteiger partial charge in [-0.3, -0.25) is 4.90 Å². The van der Waals surface area contributed by atoms with Gasteiger partial charge in [0.05, 0.1) is 38.8 Å². The summed E-state index contributed by atoms with van der Waals surface area (Å²) in [6.45, 7) is 7.36. The molecule has 0 spiro atoms. The second kappa shape index (κ2) is 30.2. The molecule has 1 aliphatic heterocycles. The molecule has 0 aliphatic carbocycles. The molecular weight excluding hydrogens is 897 g/mol. The van der Waals surface area contributed by atoms with Crippen LogP contribution >= 0.6 is 0 Å². The molecular formula is C55H72N2O13. The number of carbonyl (C=O) groups excluding carboxylic acids is 2. The van der Waals surface area contributed by atoms with Gasteiger partial charge in [0.1, 0.15) is 55.2 Å². The minimum Gasteiger partial charge on any atom is -0.493 e. The van der Waals surface area contributed by atoms with Crippen molar-refractivity contribution in [3.05, 3.63) is 137 Å². The average Bonchev–Trinajstić information content (AvgIpc) is 3.36. The third-order valence-corrected chi connectivity index (χ3v) is 11.5. The fraction of sp³-hybridized carbons (Fsp3) is 0.455. The van der Waals surface area contributed by atoms with Crippen molar-refractivity contribution < 1.29 is 62.4 Å². The molecule has 3 unspecified atom stereocenters. The zero-order valence-corrected chi connectivity index (χ0v) is 41.4. The van der Waals surface area contributed by atoms with E-state index in [1.54, 1.807) is 47.1 Å². The number of para-hydroxylation sites is 5. The molecule has 0 amide bonds. The Hall–Kier alpha value is -6.42. The number of hydrogen-bond donors (Lipinski definition) is 3. The van der Waals surface area contributed by atoms with E-state index >= 15 is 0 Å². The normalized spacial score (nSPS) is 14.3. The molecule has 0 aromatic heterocycles. The summed E-state index contributed by atoms with van der Waals surface area (Å²) in [5.74, 6) is 2.45. The Bertz CT molecular complexity index is 2190. The first-order chi connectivity index (χ1) is 34.1. The van der Waals surface area contributed by atoms with Crippen molar-refractivity contribution in [2.24, 2.45) is 0 Å². The smallest absolute Gasteiger partial charge is 0.493 e. The molecule has 4 aromatic carbocycles. The molecule has 0 radical (unpaired) electrons. The lowest BCUT2D eigenvalue weighted by atomic mass is 9.90. The number of rotatable bonds is 31. The summed E-state index contributed by atoms with van der Waals surface area (Å²) in [5, 5.41) is 25.1. The van der Waals surface area contributed by atoms with E-state index in [-0.39, 0.29) is 37.9 Å². The summed E-state index contributed by atoms with van der Waals surface area (Å²) < 4.78 is 51.1. The van der Waals surface area contributed by atoms with Crippen LogP contribution in [-0.2, 0) is 25.6 Å². The Morgan fingerprint density at radius 3 is 1.56 bits per heavy atom. The van der Waals surface area contributed by atoms with Gasteiger partial charge in [0.25, 0.3) is 0 Å². The molecule has 0 saturated heterocycles. The number of aliphatic hydroxyl groups is 2. The van der Waals surface area contributed by atoms with Crippen molar-refractivity contribution in [2.75, 3.05) is 60.3 Å². The molecule has 1 heterocycles. The maximum atomic E-state index is 13.2. The van der Waals surface area contributed by atoms with Crippen LogP contribution in [0.2, 0.25) is 0 Å². The molecule has 1 aliphatic rings. The molecule has 0 saturated carbocycles. The highest BCUT2D eigenvalue weighted by atomic mass is 16.7. The highest BCUT2D eigenvalue weighted by molar-refractivity contribution is 5.65. The zero-order valence-electron chi connectivity index (χ0n) is 41.4. The molecule has 70 heavy (non-hydrogen) atoms. The number of ether oxygens (including phenoxy) is 9. The summed E-state index contributed by atoms with van der Waals surface area (Å²) in [5.41, 5.74) is 2.72. The first kappa shape index (κ1) is 54.5. The summed E-state index contributed by atoms with van der Waals surface area (Å²) in [6, 6.07) is 31.8. The van der Waals surface area contributed by atoms with Crippen molar-refractivity contribution in [3.63, 3.8) is 0 Å². The number of dihydropyridines is 1. The molecule has 15 nitrogen and oxygen atoms in total. The SMILES string of the molecule is CCOC(=O)OC1=C(C)NC(C)=C(OC(=O)OCCCCCCCCCCCN(CC(O)COc2ccccc2OC)CC(O)COc2ccccc2OC)C1c1ccccc1OCc1ccccc1. The fourth-order valence-electron chi connectivity index (χ4n) is 8.09. The lowest BCUT2D eigenvalue weighted by Crippen LogP contribution is -2.42. The van der Waals surface area contributed by atoms with Crippen molar-refractivity contribution in [1.82, 2.24) is 10.2 Å². The van der Waals surface area contributed by atoms with Gasteiger partial charge >= 0.3 is 12.3 Å². The van der Waals surface area contributed by atoms with E-state index < -0.39 is 30.4 Å². The standard InChI is InChI=1S/C55H72N2O13/c1-6-64-54(60)69-52-40(2)56-41(3)53(51(52)45-27-17-18-28-46(45)66-37-42-25-15-14-16-26-42)70-55(61)65-34-24-13-11-9-7-8-10-12-23-33-57(35-43(58)38-67-49-31-21-19-29-47(49)62-4)36-44(59)39-68-50-32-22-20-30-48(50)63-5/h14-22,25-32,43-44,51,56,58-59H,6-13,23-24,33-39H2,1-5H3. The fourth-order valence-corrected chi connectivity index (χ4v) is 8.09. The zero-order chi connectivity index (χ0) is 49.9. The van der Waals surface area contributed by atoms with Gasteiger partial charge in [-0.1, -0.05) is 118 Å². The van der Waals surface area contributed by atoms with Gasteiger partial charge in [0, 0.05) is 18.7 Å². The van der Waals surface area contributed by atoms with Gasteiger partial charge in [-0.2, -0.15) is 0 Å². The highest BCUT2D eigenvalue weighted by Crippen LogP contribution is 2.43. The second-order valence-electron chi connectivity index (χ2n) is 17.0. The summed E-state index contributed by atoms with van der Waals surface area (Å²) in [7, 11) is 3.15. The van der Waals surface area contributed by atoms with Gasteiger partial charge in [-0.05, 0) is 76.1 Å². The predicted molar refractivity (Wildman–Crippen MR) is 266 cm³/mol. The number of nitrogens with zero attached hydrogens (tertiary/aromatic N) is 1. The van der Waals surface area contributed by atoms with E-state index in [1.807, 2.05) is 91.0 Å². The monoisotopic (exact) mass is 969 g/mol. The molecule has 15 heteroatoms. The maximum absolute atomic E-state index is 13.2. The lowest BCUT2D eigenvalue weighted by Gasteiger charge is -2.31. The topological polar surface area (TPSA) is 173 Å². The van der Waals surface area contributed by atoms with Crippen molar-refractivity contribution in [2.45, 2.75) is 103 Å². The molecule has 0 fully saturated rings. The number of benzene rings is 4. The van der Waals surface area contributed by atoms with E-state index in [2.05, 4.69) is 10.2 Å². The van der Waals surface area contributed by atoms with Gasteiger partial charge < -0.3 is 58.2 Å². The van der Waals surface area contributed by atoms with Crippen molar-refractivity contribution >= 4 is 12.3 Å². The van der Waals surface area contributed by atoms with Crippen LogP contribution in [0.5, 0.6) is 28.7 Å². The minimum absolute atomic E-state index is 0.0762. The van der Waals surface area contributed by atoms with Crippen LogP contribution < -0.4 is 29.0 Å². The van der Waals surface area contributed by atoms with Crippen LogP contribution in [0.25, 0.3) is 0 Å². The van der Waals surface area contributed by atoms with Crippen LogP contribution in [-0.4, -0.2) is 99.9 Å². The van der Waals surface area contributed by atoms with Crippen LogP contribution in [0.1, 0.15) is 95.6 Å². The van der Waals surface area contributed by atoms with Crippen molar-refractivity contribution in [1.29, 1.82) is 0 Å². The second-order valence-corrected chi connectivity index (χ2v) is 17.0. The van der Waals surface area contributed by atoms with Crippen LogP contribution in [0.4, 0.5) is 9.59 Å². The van der Waals surface area contributed by atoms with Gasteiger partial charge in [-0.25, -0.2) is 9.59 Å². The van der Waals surface area contributed by atoms with E-state index in [4.69, 9.17) is 42.6 Å². The third kappa shape index (κ3) is 18.2. The quantitative estimate of drug-likeness (QED) is 0.0321. The first-order valence-corrected chi connectivity index (χ1v) is 24.3. The summed E-state index contributed by atoms with van der Waals surface area (Å²) in [4.78, 5) is 27.9. The molecule has 4 aromatic rings. The highest BCUT2D eigenvalue weighted by Gasteiger charge is 2.37. The predicted octanol–water partition coefficient (Wildman–Crippen LogP) is 10.5. The average molecular weight is 969 g/mol. The van der Waals surface area contributed by atoms with E-state index in [0.717, 1.165) is 56.9 Å². The van der Waals surface area contributed by atoms with E-state index in [9.17, 15) is 19.8 Å². The van der Waals surface area contributed by atoms with Crippen molar-refractivity contribution in [3.8, 4) is 28.7 Å². The Labute approximate surface area is 413 Å². The number of allylic oxidation sites excluding steroid dienone is 2. The number of hydrogen-bond acceptors (Lipinski definition) is 15. The molecule has 380 valence electrons. The Morgan fingerprint density at radius 1 is 0.571 bits per heavy atom. The summed E-state index contributed by atoms with van der Waals surface area (Å²) >= 11 is 0. The maximum Gasteiger partial charge on any atom is 0.513 e. The number of carbonyl (C=O) groups is 2. The molecule has 0 bridgehead atoms. The molecule has 5 rings (SSSR count). The van der Waals surface area contributed by atoms with E-state index in [0.29, 0.717) is 78.4 Å². The lowest BCUT2D eigenvalue weighted by molar-refractivity contribution is 0.0300. The van der Waals surface area contributed by atoms with Gasteiger partial charge in [-0.15, -0.1) is 0 Å². The van der Waals surface area contributed by atoms with Crippen LogP contribution in [0.3, 0.4) is 0 Å². The van der Waals surface area contributed by atoms with Gasteiger partial charge in [0.2, 0.25) is 0 Å². The summed E-state index contributed by atoms with van der Waals surface area (Å²) in [6.07, 6.45) is 5.49. The molecule has 3 N–H and O–H groups in total. The Morgan fingerprint density at radius 2 is 1.03 bits per heavy atom. The number of aliphatic hydroxyl groups excluding tert-OH is 2. The Kier molecular flexibility index (Phi) is 23.6. The minimum atomic E-state index is -0.878. The first-order valence-electron chi connectivity index (χ1n) is 24.3. The van der Waals surface area contributed by atoms with Crippen LogP contribution in [0, 0.1) is 0 Å². The Balaban J connectivity index is 1.03.